The first-order valence-electron chi connectivity index (χ1n) is 7.46. The maximum absolute atomic E-state index is 5.63. The second-order valence-corrected chi connectivity index (χ2v) is 5.73. The van der Waals surface area contributed by atoms with Crippen molar-refractivity contribution >= 4 is 0 Å². The number of nitrogens with zero attached hydrogens (tertiary/aromatic N) is 1. The van der Waals surface area contributed by atoms with Gasteiger partial charge < -0.3 is 10.1 Å². The van der Waals surface area contributed by atoms with Crippen LogP contribution in [-0.2, 0) is 6.42 Å². The van der Waals surface area contributed by atoms with Gasteiger partial charge in [0, 0.05) is 32.2 Å². The van der Waals surface area contributed by atoms with Crippen LogP contribution in [0.25, 0.3) is 0 Å². The Morgan fingerprint density at radius 1 is 1.30 bits per heavy atom. The van der Waals surface area contributed by atoms with Gasteiger partial charge in [0.25, 0.3) is 0 Å². The van der Waals surface area contributed by atoms with Crippen molar-refractivity contribution in [1.29, 1.82) is 0 Å². The SMILES string of the molecule is C=C(C)COc1ccc(CC(C)N2CCNCC2)cc1. The smallest absolute Gasteiger partial charge is 0.119 e. The van der Waals surface area contributed by atoms with Gasteiger partial charge in [-0.2, -0.15) is 0 Å². The Morgan fingerprint density at radius 3 is 2.55 bits per heavy atom. The summed E-state index contributed by atoms with van der Waals surface area (Å²) in [4.78, 5) is 2.56. The summed E-state index contributed by atoms with van der Waals surface area (Å²) in [6, 6.07) is 9.06. The lowest BCUT2D eigenvalue weighted by atomic mass is 10.1. The minimum atomic E-state index is 0.594. The molecule has 1 aromatic carbocycles. The molecule has 0 bridgehead atoms. The summed E-state index contributed by atoms with van der Waals surface area (Å²) in [5.41, 5.74) is 2.42. The van der Waals surface area contributed by atoms with Crippen molar-refractivity contribution in [2.24, 2.45) is 0 Å². The van der Waals surface area contributed by atoms with Crippen molar-refractivity contribution < 1.29 is 4.74 Å². The Balaban J connectivity index is 1.84. The molecule has 1 aromatic rings. The van der Waals surface area contributed by atoms with Gasteiger partial charge in [-0.15, -0.1) is 0 Å². The highest BCUT2D eigenvalue weighted by atomic mass is 16.5. The molecule has 3 nitrogen and oxygen atoms in total. The molecule has 2 rings (SSSR count). The van der Waals surface area contributed by atoms with Gasteiger partial charge in [-0.05, 0) is 43.5 Å². The zero-order valence-corrected chi connectivity index (χ0v) is 12.7. The minimum absolute atomic E-state index is 0.594. The van der Waals surface area contributed by atoms with Crippen molar-refractivity contribution in [1.82, 2.24) is 10.2 Å². The molecule has 0 saturated carbocycles. The van der Waals surface area contributed by atoms with Gasteiger partial charge in [-0.3, -0.25) is 4.90 Å². The average Bonchev–Trinajstić information content (AvgIpc) is 2.47. The Kier molecular flexibility index (Phi) is 5.62. The number of ether oxygens (including phenoxy) is 1. The van der Waals surface area contributed by atoms with Crippen molar-refractivity contribution in [3.63, 3.8) is 0 Å². The number of rotatable bonds is 6. The van der Waals surface area contributed by atoms with Crippen LogP contribution in [-0.4, -0.2) is 43.7 Å². The second-order valence-electron chi connectivity index (χ2n) is 5.73. The van der Waals surface area contributed by atoms with E-state index in [2.05, 4.69) is 48.0 Å². The maximum Gasteiger partial charge on any atom is 0.119 e. The first-order chi connectivity index (χ1) is 9.65. The van der Waals surface area contributed by atoms with E-state index in [0.717, 1.165) is 43.9 Å². The van der Waals surface area contributed by atoms with Gasteiger partial charge in [0.1, 0.15) is 12.4 Å². The van der Waals surface area contributed by atoms with Crippen LogP contribution in [0.5, 0.6) is 5.75 Å². The van der Waals surface area contributed by atoms with Gasteiger partial charge in [0.05, 0.1) is 0 Å². The molecule has 1 heterocycles. The third kappa shape index (κ3) is 4.66. The first kappa shape index (κ1) is 15.1. The van der Waals surface area contributed by atoms with Crippen LogP contribution in [0.4, 0.5) is 0 Å². The lowest BCUT2D eigenvalue weighted by molar-refractivity contribution is 0.183. The van der Waals surface area contributed by atoms with Gasteiger partial charge in [-0.1, -0.05) is 18.7 Å². The molecule has 0 amide bonds. The highest BCUT2D eigenvalue weighted by Gasteiger charge is 2.16. The molecule has 1 unspecified atom stereocenters. The van der Waals surface area contributed by atoms with Gasteiger partial charge in [-0.25, -0.2) is 0 Å². The van der Waals surface area contributed by atoms with Crippen molar-refractivity contribution in [2.45, 2.75) is 26.3 Å². The van der Waals surface area contributed by atoms with Crippen LogP contribution in [0, 0.1) is 0 Å². The van der Waals surface area contributed by atoms with E-state index in [4.69, 9.17) is 4.74 Å². The van der Waals surface area contributed by atoms with E-state index >= 15 is 0 Å². The fraction of sp³-hybridized carbons (Fsp3) is 0.529. The molecule has 1 fully saturated rings. The summed E-state index contributed by atoms with van der Waals surface area (Å²) < 4.78 is 5.63. The van der Waals surface area contributed by atoms with E-state index < -0.39 is 0 Å². The zero-order chi connectivity index (χ0) is 14.4. The molecule has 3 heteroatoms. The molecule has 0 spiro atoms. The first-order valence-corrected chi connectivity index (χ1v) is 7.46. The molecule has 1 atom stereocenters. The number of nitrogens with one attached hydrogen (secondary N) is 1. The van der Waals surface area contributed by atoms with E-state index in [1.54, 1.807) is 0 Å². The summed E-state index contributed by atoms with van der Waals surface area (Å²) in [6.07, 6.45) is 1.10. The second kappa shape index (κ2) is 7.46. The van der Waals surface area contributed by atoms with E-state index in [1.165, 1.54) is 5.56 Å². The molecule has 1 N–H and O–H groups in total. The Morgan fingerprint density at radius 2 is 1.95 bits per heavy atom. The summed E-state index contributed by atoms with van der Waals surface area (Å²) in [5.74, 6) is 0.923. The molecule has 1 saturated heterocycles. The van der Waals surface area contributed by atoms with Crippen LogP contribution in [0.3, 0.4) is 0 Å². The summed E-state index contributed by atoms with van der Waals surface area (Å²) in [7, 11) is 0. The quantitative estimate of drug-likeness (QED) is 0.807. The number of piperazine rings is 1. The molecule has 1 aliphatic rings. The minimum Gasteiger partial charge on any atom is -0.489 e. The fourth-order valence-electron chi connectivity index (χ4n) is 2.52. The van der Waals surface area contributed by atoms with Crippen LogP contribution in [0.15, 0.2) is 36.4 Å². The Bertz CT molecular complexity index is 421. The molecule has 110 valence electrons. The summed E-state index contributed by atoms with van der Waals surface area (Å²) in [5, 5.41) is 3.40. The van der Waals surface area contributed by atoms with Gasteiger partial charge >= 0.3 is 0 Å². The van der Waals surface area contributed by atoms with Crippen LogP contribution in [0.2, 0.25) is 0 Å². The highest BCUT2D eigenvalue weighted by molar-refractivity contribution is 5.28. The number of hydrogen-bond acceptors (Lipinski definition) is 3. The lowest BCUT2D eigenvalue weighted by Crippen LogP contribution is -2.48. The third-order valence-electron chi connectivity index (χ3n) is 3.71. The largest absolute Gasteiger partial charge is 0.489 e. The molecule has 1 aliphatic heterocycles. The van der Waals surface area contributed by atoms with Crippen LogP contribution in [0.1, 0.15) is 19.4 Å². The van der Waals surface area contributed by atoms with Crippen molar-refractivity contribution in [2.75, 3.05) is 32.8 Å². The van der Waals surface area contributed by atoms with Crippen molar-refractivity contribution in [3.8, 4) is 5.75 Å². The fourth-order valence-corrected chi connectivity index (χ4v) is 2.52. The number of hydrogen-bond donors (Lipinski definition) is 1. The molecular weight excluding hydrogens is 248 g/mol. The molecule has 20 heavy (non-hydrogen) atoms. The topological polar surface area (TPSA) is 24.5 Å². The predicted octanol–water partition coefficient (Wildman–Crippen LogP) is 2.48. The standard InChI is InChI=1S/C17H26N2O/c1-14(2)13-20-17-6-4-16(5-7-17)12-15(3)19-10-8-18-9-11-19/h4-7,15,18H,1,8-13H2,2-3H3. The summed E-state index contributed by atoms with van der Waals surface area (Å²) in [6.45, 7) is 13.3. The van der Waals surface area contributed by atoms with Crippen LogP contribution < -0.4 is 10.1 Å². The highest BCUT2D eigenvalue weighted by Crippen LogP contribution is 2.15. The van der Waals surface area contributed by atoms with Gasteiger partial charge in [0.15, 0.2) is 0 Å². The van der Waals surface area contributed by atoms with E-state index in [0.29, 0.717) is 12.6 Å². The molecular formula is C17H26N2O. The van der Waals surface area contributed by atoms with E-state index in [9.17, 15) is 0 Å². The Hall–Kier alpha value is -1.32. The van der Waals surface area contributed by atoms with E-state index in [1.807, 2.05) is 6.92 Å². The normalized spacial score (nSPS) is 17.7. The average molecular weight is 274 g/mol. The van der Waals surface area contributed by atoms with Gasteiger partial charge in [0.2, 0.25) is 0 Å². The monoisotopic (exact) mass is 274 g/mol. The van der Waals surface area contributed by atoms with Crippen LogP contribution >= 0.6 is 0 Å². The third-order valence-corrected chi connectivity index (χ3v) is 3.71. The molecule has 0 aromatic heterocycles. The van der Waals surface area contributed by atoms with E-state index in [-0.39, 0.29) is 0 Å². The maximum atomic E-state index is 5.63. The van der Waals surface area contributed by atoms with Crippen molar-refractivity contribution in [3.05, 3.63) is 42.0 Å². The predicted molar refractivity (Wildman–Crippen MR) is 84.4 cm³/mol. The lowest BCUT2D eigenvalue weighted by Gasteiger charge is -2.32. The number of benzene rings is 1. The zero-order valence-electron chi connectivity index (χ0n) is 12.7. The molecule has 0 aliphatic carbocycles. The molecule has 0 radical (unpaired) electrons. The Labute approximate surface area is 122 Å². The summed E-state index contributed by atoms with van der Waals surface area (Å²) >= 11 is 0.